The second kappa shape index (κ2) is 12.3. The Bertz CT molecular complexity index is 989. The third-order valence-corrected chi connectivity index (χ3v) is 7.24. The summed E-state index contributed by atoms with van der Waals surface area (Å²) in [6.45, 7) is 5.43. The van der Waals surface area contributed by atoms with Gasteiger partial charge in [0.15, 0.2) is 0 Å². The number of nitrogens with zero attached hydrogens (tertiary/aromatic N) is 3. The summed E-state index contributed by atoms with van der Waals surface area (Å²) < 4.78 is 2.47. The van der Waals surface area contributed by atoms with E-state index in [0.29, 0.717) is 12.0 Å². The molecule has 6 nitrogen and oxygen atoms in total. The van der Waals surface area contributed by atoms with Crippen molar-refractivity contribution in [2.24, 2.45) is 0 Å². The molecule has 1 saturated heterocycles. The van der Waals surface area contributed by atoms with E-state index in [2.05, 4.69) is 79.8 Å². The zero-order chi connectivity index (χ0) is 22.9. The lowest BCUT2D eigenvalue weighted by molar-refractivity contribution is 0.312. The topological polar surface area (TPSA) is 65.1 Å². The van der Waals surface area contributed by atoms with Gasteiger partial charge in [-0.15, -0.1) is 0 Å². The van der Waals surface area contributed by atoms with Crippen LogP contribution in [-0.2, 0) is 0 Å². The summed E-state index contributed by atoms with van der Waals surface area (Å²) in [5.74, 6) is 2.52. The van der Waals surface area contributed by atoms with Crippen molar-refractivity contribution in [3.63, 3.8) is 0 Å². The molecule has 1 aromatic heterocycles. The fourth-order valence-electron chi connectivity index (χ4n) is 3.67. The van der Waals surface area contributed by atoms with Gasteiger partial charge in [-0.05, 0) is 80.4 Å². The largest absolute Gasteiger partial charge is 0.340 e. The molecule has 1 fully saturated rings. The zero-order valence-corrected chi connectivity index (χ0v) is 20.9. The van der Waals surface area contributed by atoms with Crippen molar-refractivity contribution in [2.75, 3.05) is 42.3 Å². The first-order valence-corrected chi connectivity index (χ1v) is 13.5. The first-order chi connectivity index (χ1) is 16.2. The molecule has 0 spiro atoms. The van der Waals surface area contributed by atoms with E-state index in [1.165, 1.54) is 29.1 Å². The van der Waals surface area contributed by atoms with E-state index in [9.17, 15) is 0 Å². The Kier molecular flexibility index (Phi) is 8.88. The second-order valence-electron chi connectivity index (χ2n) is 8.15. The Balaban J connectivity index is 1.26. The summed E-state index contributed by atoms with van der Waals surface area (Å²) in [4.78, 5) is 10.2. The van der Waals surface area contributed by atoms with Crippen molar-refractivity contribution in [3.8, 4) is 0 Å². The van der Waals surface area contributed by atoms with Gasteiger partial charge in [0, 0.05) is 53.9 Å². The molecule has 0 amide bonds. The van der Waals surface area contributed by atoms with E-state index in [-0.39, 0.29) is 0 Å². The lowest BCUT2D eigenvalue weighted by Gasteiger charge is -2.31. The Labute approximate surface area is 205 Å². The molecule has 0 aliphatic carbocycles. The maximum atomic E-state index is 4.58. The van der Waals surface area contributed by atoms with Gasteiger partial charge in [-0.2, -0.15) is 16.7 Å². The number of hydrogen-bond acceptors (Lipinski definition) is 8. The SMILES string of the molecule is CSCCNC1CCN(Sc2ccc(Nc3nccc(Nc4ccc(C)cc4)n3)cc2)CC1. The minimum atomic E-state index is 0.573. The van der Waals surface area contributed by atoms with Crippen molar-refractivity contribution in [1.82, 2.24) is 19.6 Å². The van der Waals surface area contributed by atoms with Crippen LogP contribution in [-0.4, -0.2) is 52.0 Å². The molecule has 1 aliphatic rings. The van der Waals surface area contributed by atoms with Crippen LogP contribution in [0.2, 0.25) is 0 Å². The van der Waals surface area contributed by atoms with E-state index in [0.717, 1.165) is 36.8 Å². The maximum absolute atomic E-state index is 4.58. The summed E-state index contributed by atoms with van der Waals surface area (Å²) in [5, 5.41) is 10.3. The number of piperidine rings is 1. The molecule has 4 rings (SSSR count). The number of rotatable bonds is 10. The van der Waals surface area contributed by atoms with Gasteiger partial charge in [-0.3, -0.25) is 0 Å². The minimum Gasteiger partial charge on any atom is -0.340 e. The number of aromatic nitrogens is 2. The van der Waals surface area contributed by atoms with Crippen LogP contribution in [0.1, 0.15) is 18.4 Å². The van der Waals surface area contributed by atoms with Gasteiger partial charge < -0.3 is 16.0 Å². The molecule has 2 heterocycles. The molecule has 33 heavy (non-hydrogen) atoms. The maximum Gasteiger partial charge on any atom is 0.229 e. The number of aryl methyl sites for hydroxylation is 1. The summed E-state index contributed by atoms with van der Waals surface area (Å²) >= 11 is 3.75. The highest BCUT2D eigenvalue weighted by Gasteiger charge is 2.19. The number of anilines is 4. The third-order valence-electron chi connectivity index (χ3n) is 5.52. The molecular formula is C25H32N6S2. The van der Waals surface area contributed by atoms with Crippen LogP contribution >= 0.6 is 23.7 Å². The van der Waals surface area contributed by atoms with Crippen LogP contribution in [0.4, 0.5) is 23.1 Å². The van der Waals surface area contributed by atoms with E-state index < -0.39 is 0 Å². The van der Waals surface area contributed by atoms with Crippen molar-refractivity contribution >= 4 is 46.9 Å². The molecule has 1 aliphatic heterocycles. The molecule has 0 bridgehead atoms. The van der Waals surface area contributed by atoms with Gasteiger partial charge in [0.25, 0.3) is 0 Å². The van der Waals surface area contributed by atoms with Gasteiger partial charge in [-0.25, -0.2) is 9.29 Å². The zero-order valence-electron chi connectivity index (χ0n) is 19.3. The molecule has 0 atom stereocenters. The average molecular weight is 481 g/mol. The summed E-state index contributed by atoms with van der Waals surface area (Å²) in [6.07, 6.45) is 6.35. The Morgan fingerprint density at radius 1 is 0.939 bits per heavy atom. The number of thioether (sulfide) groups is 1. The lowest BCUT2D eigenvalue weighted by Crippen LogP contribution is -2.40. The molecule has 8 heteroatoms. The molecule has 2 aromatic carbocycles. The first kappa shape index (κ1) is 23.9. The predicted octanol–water partition coefficient (Wildman–Crippen LogP) is 5.70. The number of hydrogen-bond donors (Lipinski definition) is 3. The van der Waals surface area contributed by atoms with Gasteiger partial charge in [-0.1, -0.05) is 17.7 Å². The average Bonchev–Trinajstić information content (AvgIpc) is 2.83. The van der Waals surface area contributed by atoms with E-state index in [1.54, 1.807) is 6.20 Å². The number of benzene rings is 2. The normalized spacial score (nSPS) is 14.8. The first-order valence-electron chi connectivity index (χ1n) is 11.4. The Hall–Kier alpha value is -2.26. The van der Waals surface area contributed by atoms with Crippen molar-refractivity contribution in [3.05, 3.63) is 66.4 Å². The highest BCUT2D eigenvalue weighted by atomic mass is 32.2. The van der Waals surface area contributed by atoms with Crippen LogP contribution < -0.4 is 16.0 Å². The molecule has 0 unspecified atom stereocenters. The van der Waals surface area contributed by atoms with Gasteiger partial charge in [0.2, 0.25) is 5.95 Å². The van der Waals surface area contributed by atoms with Crippen molar-refractivity contribution in [1.29, 1.82) is 0 Å². The monoisotopic (exact) mass is 480 g/mol. The summed E-state index contributed by atoms with van der Waals surface area (Å²) in [5.41, 5.74) is 3.21. The molecule has 3 aromatic rings. The quantitative estimate of drug-likeness (QED) is 0.252. The summed E-state index contributed by atoms with van der Waals surface area (Å²) in [7, 11) is 0. The standard InChI is InChI=1S/C25H32N6S2/c1-19-3-5-21(6-4-19)28-24-11-14-27-25(30-24)29-22-7-9-23(10-8-22)33-31-16-12-20(13-17-31)26-15-18-32-2/h3-11,14,20,26H,12-13,15-18H2,1-2H3,(H2,27,28,29,30). The molecular weight excluding hydrogens is 448 g/mol. The minimum absolute atomic E-state index is 0.573. The van der Waals surface area contributed by atoms with Crippen LogP contribution in [0, 0.1) is 6.92 Å². The van der Waals surface area contributed by atoms with E-state index in [1.807, 2.05) is 41.9 Å². The highest BCUT2D eigenvalue weighted by molar-refractivity contribution is 7.98. The van der Waals surface area contributed by atoms with Crippen molar-refractivity contribution in [2.45, 2.75) is 30.7 Å². The van der Waals surface area contributed by atoms with Gasteiger partial charge in [0.05, 0.1) is 0 Å². The Morgan fingerprint density at radius 3 is 2.36 bits per heavy atom. The third kappa shape index (κ3) is 7.64. The number of nitrogens with one attached hydrogen (secondary N) is 3. The van der Waals surface area contributed by atoms with Gasteiger partial charge >= 0.3 is 0 Å². The Morgan fingerprint density at radius 2 is 1.64 bits per heavy atom. The molecule has 174 valence electrons. The second-order valence-corrected chi connectivity index (χ2v) is 10.3. The van der Waals surface area contributed by atoms with E-state index >= 15 is 0 Å². The molecule has 0 saturated carbocycles. The summed E-state index contributed by atoms with van der Waals surface area (Å²) in [6, 6.07) is 19.3. The van der Waals surface area contributed by atoms with Crippen LogP contribution in [0.3, 0.4) is 0 Å². The van der Waals surface area contributed by atoms with E-state index in [4.69, 9.17) is 0 Å². The fraction of sp³-hybridized carbons (Fsp3) is 0.360. The molecule has 3 N–H and O–H groups in total. The van der Waals surface area contributed by atoms with Crippen LogP contribution in [0.15, 0.2) is 65.7 Å². The lowest BCUT2D eigenvalue weighted by atomic mass is 10.1. The predicted molar refractivity (Wildman–Crippen MR) is 143 cm³/mol. The highest BCUT2D eigenvalue weighted by Crippen LogP contribution is 2.28. The van der Waals surface area contributed by atoms with Crippen LogP contribution in [0.5, 0.6) is 0 Å². The fourth-order valence-corrected chi connectivity index (χ4v) is 4.94. The molecule has 0 radical (unpaired) electrons. The van der Waals surface area contributed by atoms with Crippen LogP contribution in [0.25, 0.3) is 0 Å². The van der Waals surface area contributed by atoms with Crippen molar-refractivity contribution < 1.29 is 0 Å². The smallest absolute Gasteiger partial charge is 0.229 e. The van der Waals surface area contributed by atoms with Gasteiger partial charge in [0.1, 0.15) is 5.82 Å².